The Morgan fingerprint density at radius 1 is 1.24 bits per heavy atom. The van der Waals surface area contributed by atoms with Crippen LogP contribution in [-0.2, 0) is 17.9 Å². The zero-order valence-electron chi connectivity index (χ0n) is 19.2. The molecule has 0 saturated heterocycles. The van der Waals surface area contributed by atoms with Crippen LogP contribution in [0.1, 0.15) is 5.56 Å². The average molecular weight is 458 g/mol. The molecule has 174 valence electrons. The smallest absolute Gasteiger partial charge is 0.246 e. The fourth-order valence-electron chi connectivity index (χ4n) is 3.85. The minimum Gasteiger partial charge on any atom is -0.495 e. The second-order valence-corrected chi connectivity index (χ2v) is 7.64. The molecule has 0 aliphatic carbocycles. The van der Waals surface area contributed by atoms with E-state index in [9.17, 15) is 4.79 Å². The number of amides is 1. The molecule has 4 rings (SSSR count). The Hall–Kier alpha value is -4.40. The summed E-state index contributed by atoms with van der Waals surface area (Å²) in [6.45, 7) is 4.96. The lowest BCUT2D eigenvalue weighted by molar-refractivity contribution is -0.126. The molecule has 0 saturated carbocycles. The van der Waals surface area contributed by atoms with Crippen LogP contribution in [0.25, 0.3) is 22.3 Å². The summed E-state index contributed by atoms with van der Waals surface area (Å²) in [4.78, 5) is 22.9. The number of methoxy groups -OCH3 is 1. The Morgan fingerprint density at radius 3 is 2.74 bits per heavy atom. The molecule has 0 radical (unpaired) electrons. The van der Waals surface area contributed by atoms with E-state index in [1.807, 2.05) is 55.6 Å². The summed E-state index contributed by atoms with van der Waals surface area (Å²) in [5, 5.41) is 8.62. The van der Waals surface area contributed by atoms with Crippen molar-refractivity contribution < 1.29 is 9.53 Å². The largest absolute Gasteiger partial charge is 0.495 e. The van der Waals surface area contributed by atoms with Gasteiger partial charge in [-0.25, -0.2) is 14.6 Å². The summed E-state index contributed by atoms with van der Waals surface area (Å²) in [7, 11) is 3.45. The third-order valence-corrected chi connectivity index (χ3v) is 5.59. The minimum atomic E-state index is -0.150. The fourth-order valence-corrected chi connectivity index (χ4v) is 3.85. The molecule has 1 amide bonds. The molecule has 3 N–H and O–H groups in total. The van der Waals surface area contributed by atoms with Crippen LogP contribution >= 0.6 is 0 Å². The van der Waals surface area contributed by atoms with E-state index in [0.29, 0.717) is 42.2 Å². The molecule has 4 aromatic rings. The summed E-state index contributed by atoms with van der Waals surface area (Å²) in [6.07, 6.45) is 2.75. The van der Waals surface area contributed by atoms with Gasteiger partial charge in [0.25, 0.3) is 0 Å². The van der Waals surface area contributed by atoms with Crippen LogP contribution in [0.2, 0.25) is 0 Å². The van der Waals surface area contributed by atoms with E-state index in [1.165, 1.54) is 12.4 Å². The molecule has 0 spiro atoms. The van der Waals surface area contributed by atoms with Crippen molar-refractivity contribution in [2.75, 3.05) is 31.8 Å². The number of hydrogen-bond donors (Lipinski definition) is 2. The predicted octanol–water partition coefficient (Wildman–Crippen LogP) is 3.34. The molecule has 2 aromatic carbocycles. The highest BCUT2D eigenvalue weighted by Crippen LogP contribution is 2.34. The van der Waals surface area contributed by atoms with Crippen LogP contribution in [0, 0.1) is 0 Å². The number of nitrogens with one attached hydrogen (secondary N) is 1. The molecule has 9 nitrogen and oxygen atoms in total. The Bertz CT molecular complexity index is 1320. The molecular weight excluding hydrogens is 430 g/mol. The van der Waals surface area contributed by atoms with Crippen molar-refractivity contribution in [3.8, 4) is 17.0 Å². The molecule has 0 aliphatic rings. The molecule has 0 unspecified atom stereocenters. The van der Waals surface area contributed by atoms with E-state index < -0.39 is 0 Å². The number of hydrogen-bond acceptors (Lipinski definition) is 7. The van der Waals surface area contributed by atoms with E-state index >= 15 is 0 Å². The topological polar surface area (TPSA) is 111 Å². The SMILES string of the molecule is C=CC(=O)N(CCn1nc(-c2ccc(OC)c(NC)c2)c2c(N)ncnc21)Cc1ccccc1. The second kappa shape index (κ2) is 10.0. The first-order valence-corrected chi connectivity index (χ1v) is 10.8. The lowest BCUT2D eigenvalue weighted by Gasteiger charge is -2.21. The summed E-state index contributed by atoms with van der Waals surface area (Å²) in [5.41, 5.74) is 10.2. The normalized spacial score (nSPS) is 10.8. The van der Waals surface area contributed by atoms with Crippen molar-refractivity contribution >= 4 is 28.4 Å². The fraction of sp³-hybridized carbons (Fsp3) is 0.200. The first kappa shape index (κ1) is 22.8. The number of nitrogen functional groups attached to an aromatic ring is 1. The van der Waals surface area contributed by atoms with Gasteiger partial charge in [0.2, 0.25) is 5.91 Å². The van der Waals surface area contributed by atoms with Crippen molar-refractivity contribution in [1.82, 2.24) is 24.6 Å². The van der Waals surface area contributed by atoms with Crippen molar-refractivity contribution in [3.63, 3.8) is 0 Å². The van der Waals surface area contributed by atoms with Gasteiger partial charge in [-0.2, -0.15) is 5.10 Å². The Morgan fingerprint density at radius 2 is 2.03 bits per heavy atom. The van der Waals surface area contributed by atoms with Gasteiger partial charge in [-0.15, -0.1) is 0 Å². The monoisotopic (exact) mass is 457 g/mol. The number of nitrogens with two attached hydrogens (primary N) is 1. The third kappa shape index (κ3) is 4.54. The lowest BCUT2D eigenvalue weighted by atomic mass is 10.1. The van der Waals surface area contributed by atoms with E-state index in [2.05, 4.69) is 21.9 Å². The van der Waals surface area contributed by atoms with Crippen LogP contribution in [0.5, 0.6) is 5.75 Å². The van der Waals surface area contributed by atoms with Gasteiger partial charge in [0, 0.05) is 25.7 Å². The highest BCUT2D eigenvalue weighted by Gasteiger charge is 2.19. The zero-order chi connectivity index (χ0) is 24.1. The van der Waals surface area contributed by atoms with E-state index in [-0.39, 0.29) is 5.91 Å². The number of ether oxygens (including phenoxy) is 1. The number of aromatic nitrogens is 4. The van der Waals surface area contributed by atoms with Crippen molar-refractivity contribution in [3.05, 3.63) is 73.1 Å². The van der Waals surface area contributed by atoms with Crippen molar-refractivity contribution in [1.29, 1.82) is 0 Å². The van der Waals surface area contributed by atoms with Gasteiger partial charge >= 0.3 is 0 Å². The molecule has 0 aliphatic heterocycles. The number of anilines is 2. The first-order chi connectivity index (χ1) is 16.5. The summed E-state index contributed by atoms with van der Waals surface area (Å²) in [6, 6.07) is 15.6. The number of carbonyl (C=O) groups excluding carboxylic acids is 1. The van der Waals surface area contributed by atoms with Crippen molar-refractivity contribution in [2.24, 2.45) is 0 Å². The third-order valence-electron chi connectivity index (χ3n) is 5.59. The summed E-state index contributed by atoms with van der Waals surface area (Å²) >= 11 is 0. The standard InChI is InChI=1S/C25H27N7O2/c1-4-21(33)31(15-17-8-6-5-7-9-17)12-13-32-25-22(24(26)28-16-29-25)23(30-32)18-10-11-20(34-3)19(14-18)27-2/h4-11,14,16,27H,1,12-13,15H2,2-3H3,(H2,26,28,29). The van der Waals surface area contributed by atoms with E-state index in [1.54, 1.807) is 16.7 Å². The summed E-state index contributed by atoms with van der Waals surface area (Å²) < 4.78 is 7.17. The van der Waals surface area contributed by atoms with Crippen LogP contribution in [-0.4, -0.2) is 51.3 Å². The van der Waals surface area contributed by atoms with Gasteiger partial charge < -0.3 is 20.7 Å². The Kier molecular flexibility index (Phi) is 6.72. The number of nitrogens with zero attached hydrogens (tertiary/aromatic N) is 5. The molecular formula is C25H27N7O2. The Balaban J connectivity index is 1.69. The first-order valence-electron chi connectivity index (χ1n) is 10.8. The van der Waals surface area contributed by atoms with Gasteiger partial charge in [-0.3, -0.25) is 4.79 Å². The quantitative estimate of drug-likeness (QED) is 0.371. The van der Waals surface area contributed by atoms with Crippen LogP contribution in [0.3, 0.4) is 0 Å². The number of fused-ring (bicyclic) bond motifs is 1. The molecule has 0 fully saturated rings. The maximum atomic E-state index is 12.5. The molecule has 2 heterocycles. The van der Waals surface area contributed by atoms with Crippen LogP contribution in [0.4, 0.5) is 11.5 Å². The number of benzene rings is 2. The van der Waals surface area contributed by atoms with Gasteiger partial charge in [0.05, 0.1) is 24.7 Å². The van der Waals surface area contributed by atoms with Gasteiger partial charge in [0.15, 0.2) is 5.65 Å². The van der Waals surface area contributed by atoms with E-state index in [0.717, 1.165) is 22.6 Å². The maximum absolute atomic E-state index is 12.5. The van der Waals surface area contributed by atoms with Gasteiger partial charge in [0.1, 0.15) is 23.6 Å². The molecule has 9 heteroatoms. The summed E-state index contributed by atoms with van der Waals surface area (Å²) in [5.74, 6) is 0.915. The molecule has 2 aromatic heterocycles. The highest BCUT2D eigenvalue weighted by molar-refractivity contribution is 5.98. The average Bonchev–Trinajstić information content (AvgIpc) is 3.26. The molecule has 34 heavy (non-hydrogen) atoms. The molecule has 0 bridgehead atoms. The lowest BCUT2D eigenvalue weighted by Crippen LogP contribution is -2.32. The minimum absolute atomic E-state index is 0.150. The van der Waals surface area contributed by atoms with Crippen LogP contribution < -0.4 is 15.8 Å². The van der Waals surface area contributed by atoms with Crippen LogP contribution in [0.15, 0.2) is 67.5 Å². The molecule has 0 atom stereocenters. The maximum Gasteiger partial charge on any atom is 0.246 e. The number of carbonyl (C=O) groups is 1. The highest BCUT2D eigenvalue weighted by atomic mass is 16.5. The zero-order valence-corrected chi connectivity index (χ0v) is 19.2. The number of rotatable bonds is 9. The van der Waals surface area contributed by atoms with E-state index in [4.69, 9.17) is 15.6 Å². The van der Waals surface area contributed by atoms with Gasteiger partial charge in [-0.1, -0.05) is 36.9 Å². The second-order valence-electron chi connectivity index (χ2n) is 7.64. The van der Waals surface area contributed by atoms with Crippen molar-refractivity contribution in [2.45, 2.75) is 13.1 Å². The predicted molar refractivity (Wildman–Crippen MR) is 133 cm³/mol. The van der Waals surface area contributed by atoms with Gasteiger partial charge in [-0.05, 0) is 29.8 Å². The Labute approximate surface area is 197 Å².